The Morgan fingerprint density at radius 1 is 1.09 bits per heavy atom. The molecule has 0 saturated heterocycles. The molecule has 5 nitrogen and oxygen atoms in total. The zero-order chi connectivity index (χ0) is 16.9. The van der Waals surface area contributed by atoms with Crippen molar-refractivity contribution < 1.29 is 17.6 Å². The Morgan fingerprint density at radius 2 is 1.70 bits per heavy atom. The predicted octanol–water partition coefficient (Wildman–Crippen LogP) is 1.98. The molecule has 2 aromatic carbocycles. The van der Waals surface area contributed by atoms with Crippen molar-refractivity contribution in [1.82, 2.24) is 10.0 Å². The quantitative estimate of drug-likeness (QED) is 0.847. The van der Waals surface area contributed by atoms with Crippen molar-refractivity contribution in [2.45, 2.75) is 17.9 Å². The minimum absolute atomic E-state index is 0.262. The van der Waals surface area contributed by atoms with Gasteiger partial charge in [-0.15, -0.1) is 0 Å². The van der Waals surface area contributed by atoms with Gasteiger partial charge in [-0.25, -0.2) is 17.5 Å². The van der Waals surface area contributed by atoms with Gasteiger partial charge in [0.15, 0.2) is 0 Å². The molecule has 2 rings (SSSR count). The molecule has 122 valence electrons. The summed E-state index contributed by atoms with van der Waals surface area (Å²) in [6, 6.07) is 14.0. The van der Waals surface area contributed by atoms with E-state index in [1.54, 1.807) is 6.92 Å². The topological polar surface area (TPSA) is 75.3 Å². The molecule has 1 atom stereocenters. The first kappa shape index (κ1) is 17.1. The second-order valence-electron chi connectivity index (χ2n) is 4.95. The second-order valence-corrected chi connectivity index (χ2v) is 6.69. The van der Waals surface area contributed by atoms with Crippen molar-refractivity contribution >= 4 is 15.9 Å². The first-order valence-corrected chi connectivity index (χ1v) is 8.47. The highest BCUT2D eigenvalue weighted by atomic mass is 32.2. The largest absolute Gasteiger partial charge is 0.348 e. The maximum absolute atomic E-state index is 13.5. The minimum atomic E-state index is -4.07. The molecular formula is C16H17FN2O3S. The van der Waals surface area contributed by atoms with Gasteiger partial charge < -0.3 is 5.32 Å². The van der Waals surface area contributed by atoms with Gasteiger partial charge in [-0.2, -0.15) is 0 Å². The molecule has 7 heteroatoms. The highest BCUT2D eigenvalue weighted by Crippen LogP contribution is 2.13. The third-order valence-electron chi connectivity index (χ3n) is 3.23. The minimum Gasteiger partial charge on any atom is -0.348 e. The molecule has 23 heavy (non-hydrogen) atoms. The number of carbonyl (C=O) groups excluding carboxylic acids is 1. The number of nitrogens with one attached hydrogen (secondary N) is 2. The van der Waals surface area contributed by atoms with Crippen molar-refractivity contribution in [1.29, 1.82) is 0 Å². The lowest BCUT2D eigenvalue weighted by Crippen LogP contribution is -2.38. The highest BCUT2D eigenvalue weighted by Gasteiger charge is 2.19. The molecular weight excluding hydrogens is 319 g/mol. The monoisotopic (exact) mass is 336 g/mol. The van der Waals surface area contributed by atoms with E-state index in [0.29, 0.717) is 0 Å². The smallest absolute Gasteiger partial charge is 0.243 e. The summed E-state index contributed by atoms with van der Waals surface area (Å²) in [6.07, 6.45) is 0. The average Bonchev–Trinajstić information content (AvgIpc) is 2.54. The molecule has 0 aliphatic heterocycles. The van der Waals surface area contributed by atoms with Crippen LogP contribution < -0.4 is 10.0 Å². The molecule has 0 fully saturated rings. The van der Waals surface area contributed by atoms with Gasteiger partial charge in [-0.1, -0.05) is 42.5 Å². The summed E-state index contributed by atoms with van der Waals surface area (Å²) in [7, 11) is -4.07. The summed E-state index contributed by atoms with van der Waals surface area (Å²) in [5.74, 6) is -1.36. The molecule has 1 unspecified atom stereocenters. The molecule has 2 aromatic rings. The Kier molecular flexibility index (Phi) is 5.46. The fourth-order valence-electron chi connectivity index (χ4n) is 2.02. The van der Waals surface area contributed by atoms with Gasteiger partial charge in [0.05, 0.1) is 12.6 Å². The maximum Gasteiger partial charge on any atom is 0.243 e. The average molecular weight is 336 g/mol. The fourth-order valence-corrected chi connectivity index (χ4v) is 3.08. The predicted molar refractivity (Wildman–Crippen MR) is 84.6 cm³/mol. The van der Waals surface area contributed by atoms with Crippen molar-refractivity contribution in [2.24, 2.45) is 0 Å². The molecule has 2 N–H and O–H groups in total. The second kappa shape index (κ2) is 7.34. The van der Waals surface area contributed by atoms with Crippen LogP contribution in [0.25, 0.3) is 0 Å². The van der Waals surface area contributed by atoms with Crippen molar-refractivity contribution in [3.8, 4) is 0 Å². The van der Waals surface area contributed by atoms with Crippen LogP contribution in [0.5, 0.6) is 0 Å². The van der Waals surface area contributed by atoms with Crippen LogP contribution in [-0.2, 0) is 14.8 Å². The van der Waals surface area contributed by atoms with Gasteiger partial charge >= 0.3 is 0 Å². The van der Waals surface area contributed by atoms with Gasteiger partial charge in [0.25, 0.3) is 0 Å². The zero-order valence-corrected chi connectivity index (χ0v) is 13.3. The molecule has 0 heterocycles. The Hall–Kier alpha value is -2.25. The molecule has 0 saturated carbocycles. The van der Waals surface area contributed by atoms with Crippen LogP contribution in [-0.4, -0.2) is 20.9 Å². The van der Waals surface area contributed by atoms with Crippen molar-refractivity contribution in [3.05, 3.63) is 66.0 Å². The molecule has 0 aliphatic rings. The Morgan fingerprint density at radius 3 is 2.35 bits per heavy atom. The number of carbonyl (C=O) groups is 1. The third kappa shape index (κ3) is 4.61. The van der Waals surface area contributed by atoms with Crippen LogP contribution in [0.4, 0.5) is 4.39 Å². The summed E-state index contributed by atoms with van der Waals surface area (Å²) >= 11 is 0. The lowest BCUT2D eigenvalue weighted by Gasteiger charge is -2.14. The fraction of sp³-hybridized carbons (Fsp3) is 0.188. The number of benzene rings is 2. The summed E-state index contributed by atoms with van der Waals surface area (Å²) in [4.78, 5) is 11.4. The Labute approximate surface area is 134 Å². The summed E-state index contributed by atoms with van der Waals surface area (Å²) < 4.78 is 39.6. The van der Waals surface area contributed by atoms with Crippen LogP contribution in [0.1, 0.15) is 18.5 Å². The van der Waals surface area contributed by atoms with Gasteiger partial charge in [0.1, 0.15) is 10.7 Å². The van der Waals surface area contributed by atoms with E-state index in [4.69, 9.17) is 0 Å². The van der Waals surface area contributed by atoms with E-state index in [1.165, 1.54) is 12.1 Å². The standard InChI is InChI=1S/C16H17FN2O3S/c1-12(13-7-3-2-4-8-13)19-16(20)11-18-23(21,22)15-10-6-5-9-14(15)17/h2-10,12,18H,11H2,1H3,(H,19,20). The van der Waals surface area contributed by atoms with Crippen LogP contribution in [0, 0.1) is 5.82 Å². The van der Waals surface area contributed by atoms with E-state index in [1.807, 2.05) is 30.3 Å². The third-order valence-corrected chi connectivity index (χ3v) is 4.66. The number of hydrogen-bond acceptors (Lipinski definition) is 3. The first-order chi connectivity index (χ1) is 10.9. The van der Waals surface area contributed by atoms with Gasteiger partial charge in [-0.05, 0) is 24.6 Å². The molecule has 0 aromatic heterocycles. The summed E-state index contributed by atoms with van der Waals surface area (Å²) in [5, 5.41) is 2.68. The normalized spacial score (nSPS) is 12.6. The zero-order valence-electron chi connectivity index (χ0n) is 12.5. The first-order valence-electron chi connectivity index (χ1n) is 6.98. The number of hydrogen-bond donors (Lipinski definition) is 2. The van der Waals surface area contributed by atoms with E-state index < -0.39 is 33.2 Å². The lowest BCUT2D eigenvalue weighted by atomic mass is 10.1. The number of sulfonamides is 1. The summed E-state index contributed by atoms with van der Waals surface area (Å²) in [6.45, 7) is 1.33. The van der Waals surface area contributed by atoms with E-state index in [9.17, 15) is 17.6 Å². The van der Waals surface area contributed by atoms with Crippen molar-refractivity contribution in [3.63, 3.8) is 0 Å². The SMILES string of the molecule is CC(NC(=O)CNS(=O)(=O)c1ccccc1F)c1ccccc1. The molecule has 0 spiro atoms. The summed E-state index contributed by atoms with van der Waals surface area (Å²) in [5.41, 5.74) is 0.901. The van der Waals surface area contributed by atoms with Gasteiger partial charge in [-0.3, -0.25) is 4.79 Å². The maximum atomic E-state index is 13.5. The number of rotatable bonds is 6. The van der Waals surface area contributed by atoms with E-state index in [-0.39, 0.29) is 6.04 Å². The molecule has 0 radical (unpaired) electrons. The lowest BCUT2D eigenvalue weighted by molar-refractivity contribution is -0.120. The van der Waals surface area contributed by atoms with E-state index in [2.05, 4.69) is 10.0 Å². The Balaban J connectivity index is 1.95. The molecule has 0 aliphatic carbocycles. The van der Waals surface area contributed by atoms with E-state index in [0.717, 1.165) is 17.7 Å². The van der Waals surface area contributed by atoms with Crippen LogP contribution in [0.3, 0.4) is 0 Å². The van der Waals surface area contributed by atoms with Crippen LogP contribution in [0.15, 0.2) is 59.5 Å². The van der Waals surface area contributed by atoms with Crippen LogP contribution in [0.2, 0.25) is 0 Å². The number of amides is 1. The van der Waals surface area contributed by atoms with Gasteiger partial charge in [0, 0.05) is 0 Å². The van der Waals surface area contributed by atoms with Gasteiger partial charge in [0.2, 0.25) is 15.9 Å². The van der Waals surface area contributed by atoms with Crippen LogP contribution >= 0.6 is 0 Å². The Bertz CT molecular complexity index is 779. The highest BCUT2D eigenvalue weighted by molar-refractivity contribution is 7.89. The molecule has 0 bridgehead atoms. The molecule has 1 amide bonds. The van der Waals surface area contributed by atoms with E-state index >= 15 is 0 Å². The van der Waals surface area contributed by atoms with Crippen molar-refractivity contribution in [2.75, 3.05) is 6.54 Å². The number of halogens is 1.